The first-order valence-electron chi connectivity index (χ1n) is 4.50. The van der Waals surface area contributed by atoms with Crippen LogP contribution in [-0.4, -0.2) is 4.98 Å². The van der Waals surface area contributed by atoms with Gasteiger partial charge in [0.15, 0.2) is 0 Å². The van der Waals surface area contributed by atoms with E-state index in [2.05, 4.69) is 4.98 Å². The number of hydrogen-bond donors (Lipinski definition) is 1. The van der Waals surface area contributed by atoms with Gasteiger partial charge in [0.05, 0.1) is 3.57 Å². The molecule has 1 heterocycles. The summed E-state index contributed by atoms with van der Waals surface area (Å²) in [7, 11) is 0. The first-order chi connectivity index (χ1) is 7.66. The van der Waals surface area contributed by atoms with Gasteiger partial charge >= 0.3 is 0 Å². The van der Waals surface area contributed by atoms with Crippen LogP contribution in [-0.2, 0) is 0 Å². The van der Waals surface area contributed by atoms with E-state index in [1.165, 1.54) is 17.8 Å². The molecule has 0 radical (unpaired) electrons. The van der Waals surface area contributed by atoms with Crippen molar-refractivity contribution in [2.45, 2.75) is 9.92 Å². The van der Waals surface area contributed by atoms with E-state index in [9.17, 15) is 4.39 Å². The molecule has 0 unspecified atom stereocenters. The molecule has 1 aromatic heterocycles. The van der Waals surface area contributed by atoms with Crippen molar-refractivity contribution in [3.05, 3.63) is 45.9 Å². The Morgan fingerprint density at radius 1 is 1.31 bits per heavy atom. The predicted octanol–water partition coefficient (Wildman–Crippen LogP) is 3.56. The molecule has 0 aliphatic carbocycles. The molecule has 0 bridgehead atoms. The molecule has 0 atom stereocenters. The number of halogens is 2. The lowest BCUT2D eigenvalue weighted by molar-refractivity contribution is 0.617. The summed E-state index contributed by atoms with van der Waals surface area (Å²) in [6, 6.07) is 8.65. The normalized spacial score (nSPS) is 10.4. The lowest BCUT2D eigenvalue weighted by Crippen LogP contribution is -1.93. The van der Waals surface area contributed by atoms with E-state index in [1.807, 2.05) is 40.8 Å². The summed E-state index contributed by atoms with van der Waals surface area (Å²) < 4.78 is 13.9. The van der Waals surface area contributed by atoms with E-state index in [1.54, 1.807) is 12.3 Å². The molecule has 2 rings (SSSR count). The Balaban J connectivity index is 2.32. The van der Waals surface area contributed by atoms with Crippen LogP contribution in [0.3, 0.4) is 0 Å². The van der Waals surface area contributed by atoms with Gasteiger partial charge in [0.25, 0.3) is 0 Å². The quantitative estimate of drug-likeness (QED) is 0.668. The summed E-state index contributed by atoms with van der Waals surface area (Å²) in [5, 5.41) is 0.801. The maximum absolute atomic E-state index is 13.4. The molecule has 16 heavy (non-hydrogen) atoms. The van der Waals surface area contributed by atoms with E-state index in [4.69, 9.17) is 5.73 Å². The van der Waals surface area contributed by atoms with E-state index < -0.39 is 0 Å². The van der Waals surface area contributed by atoms with Crippen LogP contribution in [0.4, 0.5) is 10.1 Å². The number of aromatic nitrogens is 1. The van der Waals surface area contributed by atoms with Crippen molar-refractivity contribution in [1.82, 2.24) is 4.98 Å². The van der Waals surface area contributed by atoms with Gasteiger partial charge in [0.1, 0.15) is 10.8 Å². The molecule has 5 heteroatoms. The second-order valence-corrected chi connectivity index (χ2v) is 5.30. The number of rotatable bonds is 2. The Hall–Kier alpha value is -0.820. The highest BCUT2D eigenvalue weighted by atomic mass is 127. The van der Waals surface area contributed by atoms with Crippen molar-refractivity contribution < 1.29 is 4.39 Å². The van der Waals surface area contributed by atoms with Gasteiger partial charge in [0, 0.05) is 16.8 Å². The van der Waals surface area contributed by atoms with Crippen molar-refractivity contribution in [2.24, 2.45) is 0 Å². The first-order valence-corrected chi connectivity index (χ1v) is 6.40. The van der Waals surface area contributed by atoms with Gasteiger partial charge in [-0.1, -0.05) is 17.8 Å². The van der Waals surface area contributed by atoms with Gasteiger partial charge in [0.2, 0.25) is 0 Å². The fourth-order valence-electron chi connectivity index (χ4n) is 1.15. The Bertz CT molecular complexity index is 505. The number of anilines is 1. The van der Waals surface area contributed by atoms with Gasteiger partial charge < -0.3 is 5.73 Å². The highest BCUT2D eigenvalue weighted by Crippen LogP contribution is 2.32. The zero-order valence-electron chi connectivity index (χ0n) is 8.15. The maximum atomic E-state index is 13.4. The van der Waals surface area contributed by atoms with E-state index in [-0.39, 0.29) is 5.82 Å². The van der Waals surface area contributed by atoms with Crippen molar-refractivity contribution in [3.8, 4) is 0 Å². The van der Waals surface area contributed by atoms with Gasteiger partial charge in [-0.05, 0) is 46.9 Å². The Morgan fingerprint density at radius 3 is 2.81 bits per heavy atom. The largest absolute Gasteiger partial charge is 0.398 e. The molecule has 0 amide bonds. The topological polar surface area (TPSA) is 38.9 Å². The highest BCUT2D eigenvalue weighted by molar-refractivity contribution is 14.1. The summed E-state index contributed by atoms with van der Waals surface area (Å²) in [6.45, 7) is 0. The van der Waals surface area contributed by atoms with Crippen LogP contribution in [0.5, 0.6) is 0 Å². The molecule has 0 aliphatic heterocycles. The minimum absolute atomic E-state index is 0.256. The van der Waals surface area contributed by atoms with Gasteiger partial charge in [-0.15, -0.1) is 0 Å². The smallest absolute Gasteiger partial charge is 0.137 e. The highest BCUT2D eigenvalue weighted by Gasteiger charge is 2.07. The molecule has 1 aromatic carbocycles. The SMILES string of the molecule is Nc1cc(I)c(F)cc1Sc1ccccn1. The third kappa shape index (κ3) is 2.65. The molecule has 0 saturated heterocycles. The molecule has 0 aliphatic rings. The van der Waals surface area contributed by atoms with Crippen LogP contribution < -0.4 is 5.73 Å². The average Bonchev–Trinajstić information content (AvgIpc) is 2.27. The van der Waals surface area contributed by atoms with Gasteiger partial charge in [-0.25, -0.2) is 9.37 Å². The molecular weight excluding hydrogens is 338 g/mol. The number of nitrogen functional groups attached to an aromatic ring is 1. The Kier molecular flexibility index (Phi) is 3.65. The van der Waals surface area contributed by atoms with Crippen molar-refractivity contribution in [1.29, 1.82) is 0 Å². The maximum Gasteiger partial charge on any atom is 0.137 e. The third-order valence-corrected chi connectivity index (χ3v) is 3.76. The fourth-order valence-corrected chi connectivity index (χ4v) is 2.47. The number of benzene rings is 1. The molecule has 2 aromatic rings. The lowest BCUT2D eigenvalue weighted by atomic mass is 10.3. The molecule has 0 saturated carbocycles. The molecule has 0 fully saturated rings. The molecular formula is C11H8FIN2S. The summed E-state index contributed by atoms with van der Waals surface area (Å²) >= 11 is 3.28. The minimum atomic E-state index is -0.256. The molecule has 82 valence electrons. The van der Waals surface area contributed by atoms with Gasteiger partial charge in [-0.2, -0.15) is 0 Å². The standard InChI is InChI=1S/C11H8FIN2S/c12-7-5-10(9(14)6-8(7)13)16-11-3-1-2-4-15-11/h1-6H,14H2. The molecule has 2 N–H and O–H groups in total. The summed E-state index contributed by atoms with van der Waals surface area (Å²) in [5.41, 5.74) is 6.39. The van der Waals surface area contributed by atoms with E-state index in [0.29, 0.717) is 14.2 Å². The fraction of sp³-hybridized carbons (Fsp3) is 0. The zero-order valence-corrected chi connectivity index (χ0v) is 11.1. The first kappa shape index (κ1) is 11.7. The van der Waals surface area contributed by atoms with Crippen molar-refractivity contribution in [3.63, 3.8) is 0 Å². The lowest BCUT2D eigenvalue weighted by Gasteiger charge is -2.05. The monoisotopic (exact) mass is 346 g/mol. The van der Waals surface area contributed by atoms with Crippen LogP contribution in [0.1, 0.15) is 0 Å². The average molecular weight is 346 g/mol. The van der Waals surface area contributed by atoms with Crippen LogP contribution >= 0.6 is 34.4 Å². The molecule has 0 spiro atoms. The number of hydrogen-bond acceptors (Lipinski definition) is 3. The molecule has 2 nitrogen and oxygen atoms in total. The Morgan fingerprint density at radius 2 is 2.12 bits per heavy atom. The second-order valence-electron chi connectivity index (χ2n) is 3.07. The minimum Gasteiger partial charge on any atom is -0.398 e. The zero-order chi connectivity index (χ0) is 11.5. The summed E-state index contributed by atoms with van der Waals surface area (Å²) in [6.07, 6.45) is 1.70. The van der Waals surface area contributed by atoms with Crippen LogP contribution in [0.2, 0.25) is 0 Å². The van der Waals surface area contributed by atoms with Gasteiger partial charge in [-0.3, -0.25) is 0 Å². The van der Waals surface area contributed by atoms with E-state index >= 15 is 0 Å². The second kappa shape index (κ2) is 5.01. The third-order valence-electron chi connectivity index (χ3n) is 1.90. The van der Waals surface area contributed by atoms with Crippen LogP contribution in [0, 0.1) is 9.39 Å². The van der Waals surface area contributed by atoms with E-state index in [0.717, 1.165) is 5.03 Å². The number of pyridine rings is 1. The van der Waals surface area contributed by atoms with Crippen molar-refractivity contribution >= 4 is 40.0 Å². The number of nitrogens with two attached hydrogens (primary N) is 1. The Labute approximate surface area is 111 Å². The predicted molar refractivity (Wildman–Crippen MR) is 71.9 cm³/mol. The summed E-state index contributed by atoms with van der Waals surface area (Å²) in [5.74, 6) is -0.256. The van der Waals surface area contributed by atoms with Crippen molar-refractivity contribution in [2.75, 3.05) is 5.73 Å². The van der Waals surface area contributed by atoms with Crippen LogP contribution in [0.25, 0.3) is 0 Å². The summed E-state index contributed by atoms with van der Waals surface area (Å²) in [4.78, 5) is 4.84. The van der Waals surface area contributed by atoms with Crippen LogP contribution in [0.15, 0.2) is 46.5 Å². The number of nitrogens with zero attached hydrogens (tertiary/aromatic N) is 1.